The Morgan fingerprint density at radius 3 is 2.32 bits per heavy atom. The molecule has 1 aliphatic heterocycles. The molecule has 0 saturated carbocycles. The summed E-state index contributed by atoms with van der Waals surface area (Å²) < 4.78 is 6.50. The van der Waals surface area contributed by atoms with Gasteiger partial charge in [-0.25, -0.2) is 5.53 Å². The Bertz CT molecular complexity index is 1760. The molecule has 4 atom stereocenters. The zero-order chi connectivity index (χ0) is 44.0. The summed E-state index contributed by atoms with van der Waals surface area (Å²) in [4.78, 5) is 43.4. The van der Waals surface area contributed by atoms with Gasteiger partial charge in [0.2, 0.25) is 18.2 Å². The molecule has 0 saturated heterocycles. The summed E-state index contributed by atoms with van der Waals surface area (Å²) in [5, 5.41) is 17.5. The quantitative estimate of drug-likeness (QED) is 0.0392. The Labute approximate surface area is 359 Å². The van der Waals surface area contributed by atoms with Crippen LogP contribution >= 0.6 is 11.8 Å². The summed E-state index contributed by atoms with van der Waals surface area (Å²) in [5.74, 6) is 1.39. The van der Waals surface area contributed by atoms with Gasteiger partial charge in [-0.05, 0) is 113 Å². The molecule has 326 valence electrons. The van der Waals surface area contributed by atoms with Crippen molar-refractivity contribution in [2.45, 2.75) is 125 Å². The number of hydrogen-bond donors (Lipinski definition) is 3. The second-order valence-corrected chi connectivity index (χ2v) is 19.4. The third-order valence-electron chi connectivity index (χ3n) is 12.0. The molecule has 0 bridgehead atoms. The molecule has 2 aromatic rings. The lowest BCUT2D eigenvalue weighted by Gasteiger charge is -2.35. The lowest BCUT2D eigenvalue weighted by molar-refractivity contribution is -0.143. The van der Waals surface area contributed by atoms with Crippen LogP contribution in [0.5, 0.6) is 0 Å². The SMILES string of the molecule is C=CC(C(C)CCCSC)C(C)C(CC)C(=O)N(C=O)CCCC(C)(C)OCC(C)(C)CCC(=O)N1Cc2ccccc2/C(NC(C)(C)CO)=C(/N=N)c2ccccc21. The lowest BCUT2D eigenvalue weighted by Crippen LogP contribution is -2.42. The summed E-state index contributed by atoms with van der Waals surface area (Å²) in [6.07, 6.45) is 9.82. The van der Waals surface area contributed by atoms with E-state index in [-0.39, 0.29) is 48.0 Å². The molecule has 3 amide bonds. The Morgan fingerprint density at radius 2 is 1.71 bits per heavy atom. The molecule has 59 heavy (non-hydrogen) atoms. The van der Waals surface area contributed by atoms with Crippen molar-refractivity contribution in [3.8, 4) is 0 Å². The maximum atomic E-state index is 14.3. The van der Waals surface area contributed by atoms with Gasteiger partial charge < -0.3 is 20.1 Å². The molecule has 0 fully saturated rings. The minimum Gasteiger partial charge on any atom is -0.394 e. The average Bonchev–Trinajstić information content (AvgIpc) is 3.20. The van der Waals surface area contributed by atoms with Crippen molar-refractivity contribution in [1.82, 2.24) is 10.2 Å². The zero-order valence-corrected chi connectivity index (χ0v) is 38.4. The topological polar surface area (TPSA) is 135 Å². The fourth-order valence-electron chi connectivity index (χ4n) is 8.14. The van der Waals surface area contributed by atoms with Crippen molar-refractivity contribution in [3.05, 3.63) is 77.9 Å². The number of ether oxygens (including phenoxy) is 1. The van der Waals surface area contributed by atoms with E-state index in [1.165, 1.54) is 4.90 Å². The molecule has 4 unspecified atom stereocenters. The number of aliphatic hydroxyl groups excluding tert-OH is 1. The van der Waals surface area contributed by atoms with Gasteiger partial charge in [0, 0.05) is 30.0 Å². The highest BCUT2D eigenvalue weighted by molar-refractivity contribution is 7.98. The predicted octanol–water partition coefficient (Wildman–Crippen LogP) is 10.4. The molecule has 1 aliphatic rings. The summed E-state index contributed by atoms with van der Waals surface area (Å²) in [7, 11) is 0. The zero-order valence-electron chi connectivity index (χ0n) is 37.6. The maximum absolute atomic E-state index is 14.3. The van der Waals surface area contributed by atoms with Crippen LogP contribution in [-0.2, 0) is 25.7 Å². The van der Waals surface area contributed by atoms with E-state index in [0.717, 1.165) is 29.7 Å². The van der Waals surface area contributed by atoms with Crippen LogP contribution in [0.4, 0.5) is 5.69 Å². The summed E-state index contributed by atoms with van der Waals surface area (Å²) in [6, 6.07) is 15.4. The van der Waals surface area contributed by atoms with E-state index < -0.39 is 11.1 Å². The molecule has 3 N–H and O–H groups in total. The highest BCUT2D eigenvalue weighted by atomic mass is 32.2. The number of nitrogens with zero attached hydrogens (tertiary/aromatic N) is 3. The van der Waals surface area contributed by atoms with E-state index in [4.69, 9.17) is 10.3 Å². The minimum atomic E-state index is -0.683. The van der Waals surface area contributed by atoms with Crippen LogP contribution in [0.3, 0.4) is 0 Å². The molecule has 1 heterocycles. The van der Waals surface area contributed by atoms with E-state index in [0.29, 0.717) is 80.4 Å². The van der Waals surface area contributed by atoms with Gasteiger partial charge in [0.15, 0.2) is 0 Å². The van der Waals surface area contributed by atoms with E-state index in [2.05, 4.69) is 51.0 Å². The van der Waals surface area contributed by atoms with E-state index in [1.54, 1.807) is 4.90 Å². The van der Waals surface area contributed by atoms with E-state index in [9.17, 15) is 19.5 Å². The number of anilines is 1. The van der Waals surface area contributed by atoms with Gasteiger partial charge in [-0.15, -0.1) is 6.58 Å². The Kier molecular flexibility index (Phi) is 19.1. The largest absolute Gasteiger partial charge is 0.394 e. The van der Waals surface area contributed by atoms with Crippen molar-refractivity contribution in [1.29, 1.82) is 5.53 Å². The van der Waals surface area contributed by atoms with Crippen molar-refractivity contribution < 1.29 is 24.2 Å². The summed E-state index contributed by atoms with van der Waals surface area (Å²) >= 11 is 1.85. The molecular weight excluding hydrogens is 759 g/mol. The molecule has 10 nitrogen and oxygen atoms in total. The molecule has 2 aromatic carbocycles. The number of carbonyl (C=O) groups is 3. The monoisotopic (exact) mass is 832 g/mol. The summed E-state index contributed by atoms with van der Waals surface area (Å²) in [5.41, 5.74) is 10.8. The number of rotatable bonds is 25. The average molecular weight is 832 g/mol. The number of allylic oxidation sites excluding steroid dienone is 1. The molecule has 11 heteroatoms. The number of aliphatic hydroxyl groups is 1. The number of thioether (sulfide) groups is 1. The second-order valence-electron chi connectivity index (χ2n) is 18.4. The van der Waals surface area contributed by atoms with Gasteiger partial charge in [0.1, 0.15) is 5.70 Å². The van der Waals surface area contributed by atoms with E-state index >= 15 is 0 Å². The molecule has 0 aliphatic carbocycles. The maximum Gasteiger partial charge on any atom is 0.232 e. The fourth-order valence-corrected chi connectivity index (χ4v) is 8.59. The normalized spacial score (nSPS) is 16.7. The van der Waals surface area contributed by atoms with Crippen LogP contribution in [0, 0.1) is 34.6 Å². The fraction of sp³-hybridized carbons (Fsp3) is 0.604. The van der Waals surface area contributed by atoms with Crippen molar-refractivity contribution >= 4 is 47.1 Å². The van der Waals surface area contributed by atoms with Gasteiger partial charge in [0.05, 0.1) is 42.3 Å². The predicted molar refractivity (Wildman–Crippen MR) is 244 cm³/mol. The highest BCUT2D eigenvalue weighted by Crippen LogP contribution is 2.39. The number of para-hydroxylation sites is 1. The molecule has 0 spiro atoms. The van der Waals surface area contributed by atoms with Crippen molar-refractivity contribution in [2.75, 3.05) is 36.7 Å². The Balaban J connectivity index is 1.66. The highest BCUT2D eigenvalue weighted by Gasteiger charge is 2.35. The third kappa shape index (κ3) is 13.9. The number of benzene rings is 2. The van der Waals surface area contributed by atoms with Gasteiger partial charge in [-0.2, -0.15) is 16.9 Å². The minimum absolute atomic E-state index is 0.0428. The number of fused-ring (bicyclic) bond motifs is 2. The smallest absolute Gasteiger partial charge is 0.232 e. The first-order chi connectivity index (χ1) is 27.9. The van der Waals surface area contributed by atoms with Crippen LogP contribution in [0.2, 0.25) is 0 Å². The van der Waals surface area contributed by atoms with Crippen LogP contribution in [0.15, 0.2) is 66.3 Å². The van der Waals surface area contributed by atoms with E-state index in [1.807, 2.05) is 101 Å². The summed E-state index contributed by atoms with van der Waals surface area (Å²) in [6.45, 7) is 23.5. The first-order valence-corrected chi connectivity index (χ1v) is 22.8. The number of carbonyl (C=O) groups excluding carboxylic acids is 3. The molecule has 0 radical (unpaired) electrons. The van der Waals surface area contributed by atoms with Crippen LogP contribution in [0.1, 0.15) is 124 Å². The third-order valence-corrected chi connectivity index (χ3v) is 12.7. The standard InChI is InChI=1S/C48H73N5O5S/c1-12-37(34(3)20-18-29-59-11)35(4)38(13-2)45(57)52(33-55)28-19-26-48(9,10)58-32-46(5,6)27-25-42(56)53-30-36-21-14-15-22-39(36)43(50-47(7,8)31-54)44(51-49)40-23-16-17-24-41(40)53/h12,14-17,21-24,33-35,37-38,49-50,54H,1,13,18-20,25-32H2,2-11H3/b44-43-,51-49?. The number of imide groups is 1. The first kappa shape index (κ1) is 49.6. The van der Waals surface area contributed by atoms with Gasteiger partial charge in [0.25, 0.3) is 0 Å². The molecule has 3 rings (SSSR count). The molecular formula is C48H73N5O5S. The van der Waals surface area contributed by atoms with Crippen molar-refractivity contribution in [3.63, 3.8) is 0 Å². The molecule has 0 aromatic heterocycles. The van der Waals surface area contributed by atoms with Crippen LogP contribution < -0.4 is 10.2 Å². The number of hydrogen-bond acceptors (Lipinski definition) is 9. The lowest BCUT2D eigenvalue weighted by atomic mass is 9.74. The first-order valence-electron chi connectivity index (χ1n) is 21.4. The van der Waals surface area contributed by atoms with Crippen LogP contribution in [-0.4, -0.2) is 71.1 Å². The van der Waals surface area contributed by atoms with Crippen LogP contribution in [0.25, 0.3) is 11.4 Å². The van der Waals surface area contributed by atoms with Gasteiger partial charge in [-0.1, -0.05) is 83.2 Å². The van der Waals surface area contributed by atoms with Crippen molar-refractivity contribution in [2.24, 2.45) is 34.2 Å². The van der Waals surface area contributed by atoms with Gasteiger partial charge in [-0.3, -0.25) is 19.3 Å². The second kappa shape index (κ2) is 22.7. The number of nitrogens with one attached hydrogen (secondary N) is 2. The number of amides is 3. The Hall–Kier alpha value is -3.80. The Morgan fingerprint density at radius 1 is 1.05 bits per heavy atom. The van der Waals surface area contributed by atoms with Gasteiger partial charge >= 0.3 is 0 Å².